The van der Waals surface area contributed by atoms with Crippen LogP contribution in [0.2, 0.25) is 0 Å². The van der Waals surface area contributed by atoms with Crippen molar-refractivity contribution < 1.29 is 32.0 Å². The van der Waals surface area contributed by atoms with E-state index in [0.717, 1.165) is 55.7 Å². The van der Waals surface area contributed by atoms with Gasteiger partial charge in [-0.15, -0.1) is 0 Å². The van der Waals surface area contributed by atoms with Crippen molar-refractivity contribution in [3.63, 3.8) is 0 Å². The maximum atomic E-state index is 13.4. The van der Waals surface area contributed by atoms with Crippen LogP contribution in [0, 0.1) is 0 Å². The molecule has 2 heterocycles. The number of nitrogens with zero attached hydrogens (tertiary/aromatic N) is 2. The van der Waals surface area contributed by atoms with Crippen molar-refractivity contribution in [2.24, 2.45) is 0 Å². The maximum absolute atomic E-state index is 13.4. The third-order valence-corrected chi connectivity index (χ3v) is 5.80. The first-order valence-corrected chi connectivity index (χ1v) is 10.2. The highest BCUT2D eigenvalue weighted by atomic mass is 19.4. The quantitative estimate of drug-likeness (QED) is 0.437. The van der Waals surface area contributed by atoms with Gasteiger partial charge < -0.3 is 9.47 Å². The second kappa shape index (κ2) is 8.24. The van der Waals surface area contributed by atoms with Crippen LogP contribution in [0.3, 0.4) is 0 Å². The van der Waals surface area contributed by atoms with E-state index in [1.54, 1.807) is 22.8 Å². The zero-order valence-electron chi connectivity index (χ0n) is 17.5. The number of fused-ring (bicyclic) bond motifs is 3. The van der Waals surface area contributed by atoms with Crippen LogP contribution >= 0.6 is 0 Å². The molecule has 5 nitrogen and oxygen atoms in total. The molecule has 0 spiro atoms. The molecular weight excluding hydrogens is 409 g/mol. The van der Waals surface area contributed by atoms with E-state index >= 15 is 0 Å². The molecule has 0 atom stereocenters. The van der Waals surface area contributed by atoms with Gasteiger partial charge in [-0.2, -0.15) is 13.2 Å². The molecular formula is C23H24F3N2O3+. The van der Waals surface area contributed by atoms with Crippen LogP contribution in [0.1, 0.15) is 41.0 Å². The van der Waals surface area contributed by atoms with E-state index in [4.69, 9.17) is 9.47 Å². The predicted octanol–water partition coefficient (Wildman–Crippen LogP) is 4.57. The molecule has 1 aliphatic rings. The Labute approximate surface area is 178 Å². The Bertz CT molecular complexity index is 1140. The minimum Gasteiger partial charge on any atom is -0.493 e. The van der Waals surface area contributed by atoms with Crippen molar-refractivity contribution in [1.29, 1.82) is 0 Å². The summed E-state index contributed by atoms with van der Waals surface area (Å²) in [5, 5.41) is 0. The Morgan fingerprint density at radius 3 is 2.52 bits per heavy atom. The molecule has 2 aromatic carbocycles. The highest BCUT2D eigenvalue weighted by Gasteiger charge is 2.34. The summed E-state index contributed by atoms with van der Waals surface area (Å²) in [6.07, 6.45) is -0.782. The van der Waals surface area contributed by atoms with Gasteiger partial charge in [0.2, 0.25) is 5.78 Å². The highest BCUT2D eigenvalue weighted by Crippen LogP contribution is 2.32. The molecule has 0 unspecified atom stereocenters. The van der Waals surface area contributed by atoms with Crippen LogP contribution in [0.4, 0.5) is 13.2 Å². The lowest BCUT2D eigenvalue weighted by Gasteiger charge is -2.09. The first-order chi connectivity index (χ1) is 14.8. The van der Waals surface area contributed by atoms with E-state index in [0.29, 0.717) is 22.6 Å². The molecule has 31 heavy (non-hydrogen) atoms. The number of Topliss-reactive ketones (excluding diaryl/α,β-unsaturated/α-hetero) is 1. The van der Waals surface area contributed by atoms with Crippen molar-refractivity contribution in [3.8, 4) is 11.5 Å². The van der Waals surface area contributed by atoms with Gasteiger partial charge in [0.15, 0.2) is 29.1 Å². The number of imidazole rings is 1. The van der Waals surface area contributed by atoms with Gasteiger partial charge in [0.25, 0.3) is 5.82 Å². The van der Waals surface area contributed by atoms with Crippen LogP contribution in [-0.4, -0.2) is 24.6 Å². The molecule has 0 saturated carbocycles. The summed E-state index contributed by atoms with van der Waals surface area (Å²) >= 11 is 0. The zero-order chi connectivity index (χ0) is 22.2. The van der Waals surface area contributed by atoms with Gasteiger partial charge in [-0.1, -0.05) is 0 Å². The number of aromatic nitrogens is 2. The average molecular weight is 433 g/mol. The van der Waals surface area contributed by atoms with Crippen molar-refractivity contribution >= 4 is 16.8 Å². The first kappa shape index (κ1) is 21.2. The standard InChI is InChI=1S/C23H24F3N2O3/c1-30-20-10-7-15(12-21(20)31-2)19(29)14-28-18-13-16(23(24,25)26)8-9-17(18)27-11-5-3-4-6-22(27)28/h7-10,12-13H,3-6,11,14H2,1-2H3/q+1. The van der Waals surface area contributed by atoms with Crippen LogP contribution in [-0.2, 0) is 25.7 Å². The van der Waals surface area contributed by atoms with E-state index in [1.807, 2.05) is 0 Å². The smallest absolute Gasteiger partial charge is 0.416 e. The summed E-state index contributed by atoms with van der Waals surface area (Å²) < 4.78 is 54.4. The number of ketones is 1. The maximum Gasteiger partial charge on any atom is 0.416 e. The van der Waals surface area contributed by atoms with E-state index < -0.39 is 11.7 Å². The van der Waals surface area contributed by atoms with Crippen molar-refractivity contribution in [2.45, 2.75) is 44.9 Å². The summed E-state index contributed by atoms with van der Waals surface area (Å²) in [6, 6.07) is 8.67. The first-order valence-electron chi connectivity index (χ1n) is 10.2. The summed E-state index contributed by atoms with van der Waals surface area (Å²) in [5.41, 5.74) is 0.859. The number of benzene rings is 2. The Hall–Kier alpha value is -3.03. The number of hydrogen-bond acceptors (Lipinski definition) is 3. The molecule has 0 N–H and O–H groups in total. The lowest BCUT2D eigenvalue weighted by molar-refractivity contribution is -0.678. The normalized spacial score (nSPS) is 14.2. The summed E-state index contributed by atoms with van der Waals surface area (Å²) in [4.78, 5) is 13.1. The van der Waals surface area contributed by atoms with Gasteiger partial charge in [-0.05, 0) is 49.6 Å². The number of aryl methyl sites for hydroxylation is 1. The third-order valence-electron chi connectivity index (χ3n) is 5.80. The van der Waals surface area contributed by atoms with Gasteiger partial charge in [0.05, 0.1) is 26.3 Å². The molecule has 0 bridgehead atoms. The molecule has 1 aromatic heterocycles. The molecule has 8 heteroatoms. The Morgan fingerprint density at radius 1 is 1.03 bits per heavy atom. The molecule has 0 amide bonds. The fraction of sp³-hybridized carbons (Fsp3) is 0.391. The minimum absolute atomic E-state index is 0.0460. The highest BCUT2D eigenvalue weighted by molar-refractivity contribution is 5.97. The Morgan fingerprint density at radius 2 is 1.81 bits per heavy atom. The van der Waals surface area contributed by atoms with E-state index in [-0.39, 0.29) is 12.3 Å². The fourth-order valence-electron chi connectivity index (χ4n) is 4.24. The number of ether oxygens (including phenoxy) is 2. The van der Waals surface area contributed by atoms with Crippen LogP contribution in [0.15, 0.2) is 36.4 Å². The number of methoxy groups -OCH3 is 2. The van der Waals surface area contributed by atoms with Gasteiger partial charge in [0, 0.05) is 18.1 Å². The second-order valence-electron chi connectivity index (χ2n) is 7.66. The Kier molecular flexibility index (Phi) is 5.64. The lowest BCUT2D eigenvalue weighted by Crippen LogP contribution is -2.37. The minimum atomic E-state index is -4.45. The number of rotatable bonds is 5. The van der Waals surface area contributed by atoms with Crippen LogP contribution in [0.5, 0.6) is 11.5 Å². The number of halogens is 3. The molecule has 0 fully saturated rings. The monoisotopic (exact) mass is 433 g/mol. The van der Waals surface area contributed by atoms with Crippen molar-refractivity contribution in [2.75, 3.05) is 14.2 Å². The van der Waals surface area contributed by atoms with Gasteiger partial charge in [-0.25, -0.2) is 9.13 Å². The second-order valence-corrected chi connectivity index (χ2v) is 7.66. The molecule has 0 radical (unpaired) electrons. The van der Waals surface area contributed by atoms with E-state index in [9.17, 15) is 18.0 Å². The summed E-state index contributed by atoms with van der Waals surface area (Å²) in [5.74, 6) is 1.62. The zero-order valence-corrected chi connectivity index (χ0v) is 17.5. The molecule has 0 aliphatic carbocycles. The predicted molar refractivity (Wildman–Crippen MR) is 109 cm³/mol. The topological polar surface area (TPSA) is 44.3 Å². The fourth-order valence-corrected chi connectivity index (χ4v) is 4.24. The number of hydrogen-bond donors (Lipinski definition) is 0. The SMILES string of the molecule is COc1ccc(C(=O)Cn2c3[n+](c4ccc(C(F)(F)F)cc42)CCCCC3)cc1OC. The molecule has 164 valence electrons. The van der Waals surface area contributed by atoms with Crippen molar-refractivity contribution in [3.05, 3.63) is 53.3 Å². The third kappa shape index (κ3) is 3.98. The molecule has 1 aliphatic heterocycles. The number of alkyl halides is 3. The number of carbonyl (C=O) groups is 1. The average Bonchev–Trinajstić information content (AvgIpc) is 2.90. The summed E-state index contributed by atoms with van der Waals surface area (Å²) in [7, 11) is 3.00. The van der Waals surface area contributed by atoms with Gasteiger partial charge in [0.1, 0.15) is 0 Å². The lowest BCUT2D eigenvalue weighted by atomic mass is 10.1. The van der Waals surface area contributed by atoms with E-state index in [2.05, 4.69) is 4.57 Å². The van der Waals surface area contributed by atoms with Crippen LogP contribution < -0.4 is 14.0 Å². The van der Waals surface area contributed by atoms with Crippen LogP contribution in [0.25, 0.3) is 11.0 Å². The van der Waals surface area contributed by atoms with Gasteiger partial charge >= 0.3 is 6.18 Å². The van der Waals surface area contributed by atoms with Crippen molar-refractivity contribution in [1.82, 2.24) is 4.57 Å². The Balaban J connectivity index is 1.80. The molecule has 0 saturated heterocycles. The van der Waals surface area contributed by atoms with Gasteiger partial charge in [-0.3, -0.25) is 4.79 Å². The molecule has 4 rings (SSSR count). The largest absolute Gasteiger partial charge is 0.493 e. The summed E-state index contributed by atoms with van der Waals surface area (Å²) in [6.45, 7) is 0.685. The van der Waals surface area contributed by atoms with E-state index in [1.165, 1.54) is 20.3 Å². The molecule has 3 aromatic rings. The number of carbonyl (C=O) groups excluding carboxylic acids is 1.